The van der Waals surface area contributed by atoms with E-state index in [1.54, 1.807) is 0 Å². The molecule has 4 nitrogen and oxygen atoms in total. The molecule has 0 N–H and O–H groups in total. The van der Waals surface area contributed by atoms with Crippen molar-refractivity contribution in [3.8, 4) is 45.0 Å². The first-order valence-corrected chi connectivity index (χ1v) is 17.8. The molecular formula is C48H33N3O. The summed E-state index contributed by atoms with van der Waals surface area (Å²) in [6.45, 7) is 2.23. The Morgan fingerprint density at radius 1 is 0.462 bits per heavy atom. The SMILES string of the molecule is CC1C=C(c2nc(-c3ccccc3)nc(-c3ccc4c(ccc5ccccc54)c3)n2)c2c(oc3cc(-c4ccc(-c5ccccc5)cc4)ccc23)C1. The Bertz CT molecular complexity index is 2820. The third-order valence-electron chi connectivity index (χ3n) is 10.2. The molecule has 1 unspecified atom stereocenters. The number of benzene rings is 7. The van der Waals surface area contributed by atoms with Gasteiger partial charge in [-0.15, -0.1) is 0 Å². The Labute approximate surface area is 301 Å². The van der Waals surface area contributed by atoms with Crippen LogP contribution in [0.2, 0.25) is 0 Å². The Hall–Kier alpha value is -6.65. The molecule has 0 radical (unpaired) electrons. The fourth-order valence-corrected chi connectivity index (χ4v) is 7.65. The van der Waals surface area contributed by atoms with Crippen LogP contribution in [0.15, 0.2) is 168 Å². The van der Waals surface area contributed by atoms with E-state index in [1.807, 2.05) is 24.3 Å². The predicted molar refractivity (Wildman–Crippen MR) is 213 cm³/mol. The molecule has 0 saturated heterocycles. The van der Waals surface area contributed by atoms with Crippen LogP contribution < -0.4 is 0 Å². The van der Waals surface area contributed by atoms with E-state index < -0.39 is 0 Å². The second-order valence-corrected chi connectivity index (χ2v) is 13.7. The Kier molecular flexibility index (Phi) is 7.14. The van der Waals surface area contributed by atoms with Gasteiger partial charge in [0.25, 0.3) is 0 Å². The molecule has 1 aliphatic carbocycles. The van der Waals surface area contributed by atoms with Gasteiger partial charge in [-0.1, -0.05) is 153 Å². The molecule has 0 saturated carbocycles. The van der Waals surface area contributed by atoms with E-state index in [0.29, 0.717) is 17.5 Å². The van der Waals surface area contributed by atoms with E-state index in [0.717, 1.165) is 61.9 Å². The van der Waals surface area contributed by atoms with Gasteiger partial charge in [0.2, 0.25) is 0 Å². The number of hydrogen-bond acceptors (Lipinski definition) is 4. The first kappa shape index (κ1) is 30.2. The molecule has 0 amide bonds. The summed E-state index contributed by atoms with van der Waals surface area (Å²) >= 11 is 0. The minimum Gasteiger partial charge on any atom is -0.460 e. The van der Waals surface area contributed by atoms with Gasteiger partial charge in [0, 0.05) is 34.1 Å². The normalized spacial score (nSPS) is 14.1. The highest BCUT2D eigenvalue weighted by Crippen LogP contribution is 2.42. The predicted octanol–water partition coefficient (Wildman–Crippen LogP) is 12.2. The van der Waals surface area contributed by atoms with Gasteiger partial charge >= 0.3 is 0 Å². The van der Waals surface area contributed by atoms with E-state index >= 15 is 0 Å². The number of fused-ring (bicyclic) bond motifs is 6. The fourth-order valence-electron chi connectivity index (χ4n) is 7.65. The van der Waals surface area contributed by atoms with Gasteiger partial charge in [0.05, 0.1) is 0 Å². The maximum absolute atomic E-state index is 6.67. The highest BCUT2D eigenvalue weighted by molar-refractivity contribution is 6.08. The smallest absolute Gasteiger partial charge is 0.164 e. The molecule has 0 bridgehead atoms. The lowest BCUT2D eigenvalue weighted by Crippen LogP contribution is -2.10. The average molecular weight is 668 g/mol. The first-order valence-electron chi connectivity index (χ1n) is 17.8. The molecule has 1 aliphatic rings. The highest BCUT2D eigenvalue weighted by atomic mass is 16.3. The Morgan fingerprint density at radius 3 is 1.81 bits per heavy atom. The second-order valence-electron chi connectivity index (χ2n) is 13.7. The minimum atomic E-state index is 0.252. The molecule has 7 aromatic carbocycles. The molecule has 9 aromatic rings. The summed E-state index contributed by atoms with van der Waals surface area (Å²) in [5, 5.41) is 5.90. The summed E-state index contributed by atoms with van der Waals surface area (Å²) in [4.78, 5) is 15.4. The third kappa shape index (κ3) is 5.28. The van der Waals surface area contributed by atoms with Crippen LogP contribution in [0.25, 0.3) is 83.1 Å². The molecular weight excluding hydrogens is 635 g/mol. The minimum absolute atomic E-state index is 0.252. The van der Waals surface area contributed by atoms with Crippen LogP contribution in [0, 0.1) is 5.92 Å². The second kappa shape index (κ2) is 12.3. The van der Waals surface area contributed by atoms with E-state index in [4.69, 9.17) is 19.4 Å². The summed E-state index contributed by atoms with van der Waals surface area (Å²) in [6, 6.07) is 55.3. The lowest BCUT2D eigenvalue weighted by molar-refractivity contribution is 0.512. The van der Waals surface area contributed by atoms with E-state index in [2.05, 4.69) is 146 Å². The van der Waals surface area contributed by atoms with Crippen LogP contribution in [-0.4, -0.2) is 15.0 Å². The van der Waals surface area contributed by atoms with Crippen LogP contribution in [0.3, 0.4) is 0 Å². The summed E-state index contributed by atoms with van der Waals surface area (Å²) in [5.41, 5.74) is 9.51. The third-order valence-corrected chi connectivity index (χ3v) is 10.2. The molecule has 4 heteroatoms. The zero-order valence-electron chi connectivity index (χ0n) is 28.6. The molecule has 52 heavy (non-hydrogen) atoms. The molecule has 246 valence electrons. The summed E-state index contributed by atoms with van der Waals surface area (Å²) in [6.07, 6.45) is 3.12. The maximum atomic E-state index is 6.67. The average Bonchev–Trinajstić information content (AvgIpc) is 3.58. The maximum Gasteiger partial charge on any atom is 0.164 e. The van der Waals surface area contributed by atoms with Crippen LogP contribution in [0.1, 0.15) is 24.1 Å². The molecule has 2 heterocycles. The van der Waals surface area contributed by atoms with Crippen molar-refractivity contribution in [3.63, 3.8) is 0 Å². The fraction of sp³-hybridized carbons (Fsp3) is 0.0625. The van der Waals surface area contributed by atoms with Gasteiger partial charge in [0.15, 0.2) is 17.5 Å². The molecule has 1 atom stereocenters. The van der Waals surface area contributed by atoms with Crippen molar-refractivity contribution in [3.05, 3.63) is 181 Å². The van der Waals surface area contributed by atoms with Crippen molar-refractivity contribution >= 4 is 38.1 Å². The summed E-state index contributed by atoms with van der Waals surface area (Å²) < 4.78 is 6.67. The van der Waals surface area contributed by atoms with Gasteiger partial charge in [-0.25, -0.2) is 15.0 Å². The molecule has 0 spiro atoms. The van der Waals surface area contributed by atoms with Crippen molar-refractivity contribution in [2.45, 2.75) is 13.3 Å². The molecule has 0 aliphatic heterocycles. The van der Waals surface area contributed by atoms with Crippen LogP contribution in [0.4, 0.5) is 0 Å². The van der Waals surface area contributed by atoms with Gasteiger partial charge in [-0.05, 0) is 67.9 Å². The van der Waals surface area contributed by atoms with E-state index in [9.17, 15) is 0 Å². The largest absolute Gasteiger partial charge is 0.460 e. The highest BCUT2D eigenvalue weighted by Gasteiger charge is 2.28. The number of allylic oxidation sites excluding steroid dienone is 1. The van der Waals surface area contributed by atoms with Crippen LogP contribution in [-0.2, 0) is 6.42 Å². The van der Waals surface area contributed by atoms with Crippen molar-refractivity contribution in [1.29, 1.82) is 0 Å². The van der Waals surface area contributed by atoms with Crippen molar-refractivity contribution < 1.29 is 4.42 Å². The standard InChI is InChI=1S/C48H33N3O/c1-30-26-42(45-41-25-22-36(29-43(41)52-44(45)27-30)33-18-16-32(17-19-33)31-10-4-2-5-11-31)48-50-46(35-13-6-3-7-14-35)49-47(51-48)38-23-24-40-37(28-38)21-20-34-12-8-9-15-39(34)40/h2-26,28-30H,27H2,1H3. The number of hydrogen-bond donors (Lipinski definition) is 0. The van der Waals surface area contributed by atoms with Crippen molar-refractivity contribution in [1.82, 2.24) is 15.0 Å². The molecule has 10 rings (SSSR count). The van der Waals surface area contributed by atoms with Gasteiger partial charge in [-0.3, -0.25) is 0 Å². The van der Waals surface area contributed by atoms with Gasteiger partial charge in [-0.2, -0.15) is 0 Å². The quantitative estimate of drug-likeness (QED) is 0.171. The number of nitrogens with zero attached hydrogens (tertiary/aromatic N) is 3. The van der Waals surface area contributed by atoms with Crippen LogP contribution in [0.5, 0.6) is 0 Å². The van der Waals surface area contributed by atoms with Gasteiger partial charge in [0.1, 0.15) is 11.3 Å². The van der Waals surface area contributed by atoms with Crippen LogP contribution >= 0.6 is 0 Å². The first-order chi connectivity index (χ1) is 25.6. The summed E-state index contributed by atoms with van der Waals surface area (Å²) in [5.74, 6) is 3.17. The summed E-state index contributed by atoms with van der Waals surface area (Å²) in [7, 11) is 0. The number of aromatic nitrogens is 3. The number of furan rings is 1. The molecule has 0 fully saturated rings. The topological polar surface area (TPSA) is 51.8 Å². The zero-order chi connectivity index (χ0) is 34.6. The lowest BCUT2D eigenvalue weighted by Gasteiger charge is -2.18. The molecule has 2 aromatic heterocycles. The number of rotatable bonds is 5. The van der Waals surface area contributed by atoms with Crippen molar-refractivity contribution in [2.75, 3.05) is 0 Å². The monoisotopic (exact) mass is 667 g/mol. The van der Waals surface area contributed by atoms with E-state index in [-0.39, 0.29) is 5.92 Å². The van der Waals surface area contributed by atoms with Crippen molar-refractivity contribution in [2.24, 2.45) is 5.92 Å². The Morgan fingerprint density at radius 2 is 1.02 bits per heavy atom. The Balaban J connectivity index is 1.08. The lowest BCUT2D eigenvalue weighted by atomic mass is 9.88. The van der Waals surface area contributed by atoms with Gasteiger partial charge < -0.3 is 4.42 Å². The van der Waals surface area contributed by atoms with E-state index in [1.165, 1.54) is 27.3 Å². The zero-order valence-corrected chi connectivity index (χ0v) is 28.6.